The molecule has 10 unspecified atom stereocenters. The minimum absolute atomic E-state index is 0.0655. The minimum Gasteiger partial charge on any atom is -0.351 e. The molecule has 0 radical (unpaired) electrons. The molecule has 148 valence electrons. The first-order valence-electron chi connectivity index (χ1n) is 11.3. The molecule has 7 aliphatic rings. The van der Waals surface area contributed by atoms with Gasteiger partial charge in [-0.15, -0.1) is 0 Å². The Balaban J connectivity index is 1.11. The molecule has 6 saturated carbocycles. The molecule has 0 N–H and O–H groups in total. The lowest BCUT2D eigenvalue weighted by molar-refractivity contribution is -0.149. The van der Waals surface area contributed by atoms with Crippen LogP contribution in [0.1, 0.15) is 5.56 Å². The Hall–Kier alpha value is -1.78. The van der Waals surface area contributed by atoms with Gasteiger partial charge in [-0.3, -0.25) is 9.59 Å². The predicted octanol–water partition coefficient (Wildman–Crippen LogP) is 2.73. The number of carbonyl (C=O) groups is 2. The lowest BCUT2D eigenvalue weighted by atomic mass is 9.78. The molecule has 0 amide bonds. The summed E-state index contributed by atoms with van der Waals surface area (Å²) in [7, 11) is 0. The van der Waals surface area contributed by atoms with Gasteiger partial charge in [0.25, 0.3) is 0 Å². The lowest BCUT2D eigenvalue weighted by Gasteiger charge is -2.28. The van der Waals surface area contributed by atoms with E-state index < -0.39 is 0 Å². The molecule has 6 fully saturated rings. The fourth-order valence-corrected chi connectivity index (χ4v) is 9.86. The van der Waals surface area contributed by atoms with E-state index in [2.05, 4.69) is 12.2 Å². The molecule has 0 spiro atoms. The van der Waals surface area contributed by atoms with Crippen molar-refractivity contribution in [3.63, 3.8) is 0 Å². The number of ether oxygens (including phenoxy) is 2. The minimum atomic E-state index is -0.254. The van der Waals surface area contributed by atoms with Crippen molar-refractivity contribution in [3.8, 4) is 0 Å². The SMILES string of the molecule is O=C1C2C(OCOCc3ccccc3)C3C(=O)C4C5C=CC6C1C1C2C3C4C1C65. The summed E-state index contributed by atoms with van der Waals surface area (Å²) in [5.41, 5.74) is 1.11. The highest BCUT2D eigenvalue weighted by atomic mass is 16.7. The number of allylic oxidation sites excluding steroid dienone is 2. The summed E-state index contributed by atoms with van der Waals surface area (Å²) in [5.74, 6) is 5.01. The molecule has 8 rings (SSSR count). The van der Waals surface area contributed by atoms with E-state index in [1.165, 1.54) is 0 Å². The second-order valence-corrected chi connectivity index (χ2v) is 10.5. The van der Waals surface area contributed by atoms with E-state index in [4.69, 9.17) is 9.47 Å². The molecular weight excluding hydrogens is 364 g/mol. The molecule has 10 atom stereocenters. The number of hydrogen-bond acceptors (Lipinski definition) is 4. The van der Waals surface area contributed by atoms with Crippen LogP contribution in [0.4, 0.5) is 0 Å². The molecule has 4 heteroatoms. The third-order valence-corrected chi connectivity index (χ3v) is 10.1. The fraction of sp³-hybridized carbons (Fsp3) is 0.600. The summed E-state index contributed by atoms with van der Waals surface area (Å²) in [6.07, 6.45) is 4.37. The number of benzene rings is 1. The summed E-state index contributed by atoms with van der Waals surface area (Å²) in [6, 6.07) is 10.0. The highest BCUT2D eigenvalue weighted by Gasteiger charge is 2.85. The maximum atomic E-state index is 13.6. The molecule has 29 heavy (non-hydrogen) atoms. The van der Waals surface area contributed by atoms with Gasteiger partial charge in [0.05, 0.1) is 12.7 Å². The zero-order chi connectivity index (χ0) is 19.0. The molecule has 4 nitrogen and oxygen atoms in total. The van der Waals surface area contributed by atoms with Crippen LogP contribution >= 0.6 is 0 Å². The number of carbonyl (C=O) groups excluding carboxylic acids is 2. The van der Waals surface area contributed by atoms with Crippen LogP contribution in [0.5, 0.6) is 0 Å². The Labute approximate surface area is 169 Å². The molecule has 0 aliphatic heterocycles. The molecular formula is C25H24O4. The molecule has 0 saturated heterocycles. The summed E-state index contributed by atoms with van der Waals surface area (Å²) >= 11 is 0. The van der Waals surface area contributed by atoms with Crippen molar-refractivity contribution in [1.82, 2.24) is 0 Å². The Bertz CT molecular complexity index is 916. The van der Waals surface area contributed by atoms with Crippen LogP contribution in [0.25, 0.3) is 0 Å². The Morgan fingerprint density at radius 1 is 0.690 bits per heavy atom. The third-order valence-electron chi connectivity index (χ3n) is 10.1. The zero-order valence-corrected chi connectivity index (χ0v) is 16.1. The van der Waals surface area contributed by atoms with Crippen molar-refractivity contribution < 1.29 is 19.1 Å². The Kier molecular flexibility index (Phi) is 2.81. The normalized spacial score (nSPS) is 55.8. The number of ketones is 2. The van der Waals surface area contributed by atoms with E-state index in [0.717, 1.165) is 5.56 Å². The van der Waals surface area contributed by atoms with Crippen LogP contribution < -0.4 is 0 Å². The average molecular weight is 388 g/mol. The largest absolute Gasteiger partial charge is 0.351 e. The van der Waals surface area contributed by atoms with Gasteiger partial charge in [-0.2, -0.15) is 0 Å². The Morgan fingerprint density at radius 2 is 1.28 bits per heavy atom. The zero-order valence-electron chi connectivity index (χ0n) is 16.1. The molecule has 0 heterocycles. The van der Waals surface area contributed by atoms with Gasteiger partial charge >= 0.3 is 0 Å². The van der Waals surface area contributed by atoms with Gasteiger partial charge in [-0.1, -0.05) is 42.5 Å². The van der Waals surface area contributed by atoms with Crippen molar-refractivity contribution >= 4 is 11.6 Å². The molecule has 1 aromatic carbocycles. The van der Waals surface area contributed by atoms with Gasteiger partial charge in [0.1, 0.15) is 18.4 Å². The topological polar surface area (TPSA) is 52.6 Å². The van der Waals surface area contributed by atoms with Crippen molar-refractivity contribution in [2.45, 2.75) is 12.7 Å². The second kappa shape index (κ2) is 5.09. The standard InChI is InChI=1S/C25H24O4/c26-23-14-11-6-7-12-13(11)16-17(14)19-20-18(16)15(12)24(27)22(20)25(21(19)23)29-9-28-8-10-4-2-1-3-5-10/h1-7,11-22,25H,8-9H2. The number of Topliss-reactive ketones (excluding diaryl/α,β-unsaturated/α-hetero) is 2. The van der Waals surface area contributed by atoms with Crippen molar-refractivity contribution in [2.75, 3.05) is 6.79 Å². The first-order valence-corrected chi connectivity index (χ1v) is 11.3. The highest BCUT2D eigenvalue weighted by Crippen LogP contribution is 2.82. The van der Waals surface area contributed by atoms with Gasteiger partial charge in [0.15, 0.2) is 0 Å². The highest BCUT2D eigenvalue weighted by molar-refractivity contribution is 5.96. The summed E-state index contributed by atoms with van der Waals surface area (Å²) < 4.78 is 12.0. The molecule has 1 aromatic rings. The van der Waals surface area contributed by atoms with E-state index in [9.17, 15) is 9.59 Å². The maximum absolute atomic E-state index is 13.6. The second-order valence-electron chi connectivity index (χ2n) is 10.5. The molecule has 7 aliphatic carbocycles. The number of hydrogen-bond donors (Lipinski definition) is 0. The van der Waals surface area contributed by atoms with Crippen LogP contribution in [0.3, 0.4) is 0 Å². The smallest absolute Gasteiger partial charge is 0.147 e. The van der Waals surface area contributed by atoms with Crippen LogP contribution in [0.2, 0.25) is 0 Å². The van der Waals surface area contributed by atoms with Crippen molar-refractivity contribution in [1.29, 1.82) is 0 Å². The van der Waals surface area contributed by atoms with Crippen LogP contribution in [-0.4, -0.2) is 24.5 Å². The van der Waals surface area contributed by atoms with E-state index in [1.807, 2.05) is 30.3 Å². The molecule has 0 bridgehead atoms. The first kappa shape index (κ1) is 16.0. The maximum Gasteiger partial charge on any atom is 0.147 e. The fourth-order valence-electron chi connectivity index (χ4n) is 9.86. The monoisotopic (exact) mass is 388 g/mol. The van der Waals surface area contributed by atoms with Crippen LogP contribution in [0, 0.1) is 71.0 Å². The van der Waals surface area contributed by atoms with Gasteiger partial charge < -0.3 is 9.47 Å². The lowest BCUT2D eigenvalue weighted by Crippen LogP contribution is -2.39. The van der Waals surface area contributed by atoms with Crippen molar-refractivity contribution in [2.24, 2.45) is 71.0 Å². The quantitative estimate of drug-likeness (QED) is 0.442. The average Bonchev–Trinajstić information content (AvgIpc) is 3.51. The summed E-state index contributed by atoms with van der Waals surface area (Å²) in [5, 5.41) is 0. The van der Waals surface area contributed by atoms with Crippen LogP contribution in [0.15, 0.2) is 42.5 Å². The summed E-state index contributed by atoms with van der Waals surface area (Å²) in [6.45, 7) is 0.653. The van der Waals surface area contributed by atoms with Gasteiger partial charge in [-0.25, -0.2) is 0 Å². The number of rotatable bonds is 5. The predicted molar refractivity (Wildman–Crippen MR) is 102 cm³/mol. The van der Waals surface area contributed by atoms with E-state index in [0.29, 0.717) is 65.5 Å². The van der Waals surface area contributed by atoms with E-state index in [1.54, 1.807) is 0 Å². The Morgan fingerprint density at radius 3 is 1.90 bits per heavy atom. The summed E-state index contributed by atoms with van der Waals surface area (Å²) in [4.78, 5) is 27.1. The van der Waals surface area contributed by atoms with Crippen molar-refractivity contribution in [3.05, 3.63) is 48.0 Å². The van der Waals surface area contributed by atoms with Gasteiger partial charge in [-0.05, 0) is 52.9 Å². The molecule has 0 aromatic heterocycles. The van der Waals surface area contributed by atoms with Gasteiger partial charge in [0.2, 0.25) is 0 Å². The third kappa shape index (κ3) is 1.59. The van der Waals surface area contributed by atoms with E-state index in [-0.39, 0.29) is 36.6 Å². The van der Waals surface area contributed by atoms with Gasteiger partial charge in [0, 0.05) is 23.7 Å². The van der Waals surface area contributed by atoms with Crippen LogP contribution in [-0.2, 0) is 25.7 Å². The number of fused-ring (bicyclic) bond motifs is 2. The first-order chi connectivity index (χ1) is 14.3. The van der Waals surface area contributed by atoms with E-state index >= 15 is 0 Å².